The Labute approximate surface area is 107 Å². The van der Waals surface area contributed by atoms with Crippen molar-refractivity contribution in [3.05, 3.63) is 29.0 Å². The van der Waals surface area contributed by atoms with Gasteiger partial charge in [-0.3, -0.25) is 10.1 Å². The molecular formula is C11H7N3O3S. The van der Waals surface area contributed by atoms with Crippen LogP contribution in [0.15, 0.2) is 17.8 Å². The lowest BCUT2D eigenvalue weighted by Crippen LogP contribution is -2.21. The van der Waals surface area contributed by atoms with Gasteiger partial charge in [-0.15, -0.1) is 0 Å². The van der Waals surface area contributed by atoms with Crippen LogP contribution in [0.1, 0.15) is 11.1 Å². The molecule has 1 aliphatic rings. The number of rotatable bonds is 1. The number of thiocarbonyl (C=S) groups is 1. The molecule has 6 nitrogen and oxygen atoms in total. The number of carbonyl (C=O) groups excluding carboxylic acids is 1. The fourth-order valence-corrected chi connectivity index (χ4v) is 1.66. The van der Waals surface area contributed by atoms with E-state index in [4.69, 9.17) is 17.5 Å². The number of benzene rings is 1. The van der Waals surface area contributed by atoms with Crippen LogP contribution in [0, 0.1) is 11.3 Å². The van der Waals surface area contributed by atoms with Crippen LogP contribution in [0.5, 0.6) is 11.5 Å². The third-order valence-corrected chi connectivity index (χ3v) is 2.47. The maximum Gasteiger partial charge on any atom is 0.273 e. The van der Waals surface area contributed by atoms with Crippen molar-refractivity contribution in [3.8, 4) is 17.6 Å². The predicted octanol–water partition coefficient (Wildman–Crippen LogP) is 0.315. The number of amides is 1. The van der Waals surface area contributed by atoms with Crippen LogP contribution in [0.3, 0.4) is 0 Å². The molecule has 1 amide bonds. The van der Waals surface area contributed by atoms with E-state index in [2.05, 4.69) is 10.6 Å². The third-order valence-electron chi connectivity index (χ3n) is 2.26. The normalized spacial score (nSPS) is 16.3. The van der Waals surface area contributed by atoms with Gasteiger partial charge >= 0.3 is 0 Å². The van der Waals surface area contributed by atoms with Gasteiger partial charge in [0.15, 0.2) is 16.6 Å². The molecule has 1 aromatic carbocycles. The molecule has 90 valence electrons. The highest BCUT2D eigenvalue weighted by Crippen LogP contribution is 2.30. The first-order valence-corrected chi connectivity index (χ1v) is 5.22. The van der Waals surface area contributed by atoms with Gasteiger partial charge in [0.05, 0.1) is 5.56 Å². The first-order valence-electron chi connectivity index (χ1n) is 4.81. The maximum atomic E-state index is 11.4. The zero-order valence-electron chi connectivity index (χ0n) is 8.89. The fraction of sp³-hybridized carbons (Fsp3) is 0. The SMILES string of the molecule is N#Cc1cc(C=C2NC(=S)NC2=O)cc(O)c1O. The third kappa shape index (κ3) is 2.09. The van der Waals surface area contributed by atoms with Gasteiger partial charge in [-0.25, -0.2) is 0 Å². The van der Waals surface area contributed by atoms with E-state index < -0.39 is 17.4 Å². The second-order valence-corrected chi connectivity index (χ2v) is 3.92. The Morgan fingerprint density at radius 2 is 2.06 bits per heavy atom. The number of nitriles is 1. The number of phenols is 2. The van der Waals surface area contributed by atoms with Crippen molar-refractivity contribution in [1.29, 1.82) is 5.26 Å². The van der Waals surface area contributed by atoms with Crippen LogP contribution in [-0.4, -0.2) is 21.2 Å². The van der Waals surface area contributed by atoms with Crippen LogP contribution >= 0.6 is 12.2 Å². The minimum atomic E-state index is -0.487. The average Bonchev–Trinajstić information content (AvgIpc) is 2.62. The van der Waals surface area contributed by atoms with Crippen molar-refractivity contribution in [2.45, 2.75) is 0 Å². The maximum absolute atomic E-state index is 11.4. The van der Waals surface area contributed by atoms with Gasteiger partial charge in [0.25, 0.3) is 5.91 Å². The Morgan fingerprint density at radius 1 is 1.33 bits per heavy atom. The summed E-state index contributed by atoms with van der Waals surface area (Å²) in [5.74, 6) is -1.31. The smallest absolute Gasteiger partial charge is 0.273 e. The lowest BCUT2D eigenvalue weighted by atomic mass is 10.1. The van der Waals surface area contributed by atoms with Crippen molar-refractivity contribution in [1.82, 2.24) is 10.6 Å². The molecule has 1 aromatic rings. The minimum Gasteiger partial charge on any atom is -0.504 e. The molecule has 0 radical (unpaired) electrons. The van der Waals surface area contributed by atoms with Gasteiger partial charge in [-0.05, 0) is 36.0 Å². The Balaban J connectivity index is 2.45. The summed E-state index contributed by atoms with van der Waals surface area (Å²) in [5.41, 5.74) is 0.515. The van der Waals surface area contributed by atoms with Crippen molar-refractivity contribution >= 4 is 29.3 Å². The molecule has 2 rings (SSSR count). The van der Waals surface area contributed by atoms with E-state index in [1.807, 2.05) is 0 Å². The molecule has 7 heteroatoms. The Morgan fingerprint density at radius 3 is 2.61 bits per heavy atom. The van der Waals surface area contributed by atoms with Gasteiger partial charge in [-0.2, -0.15) is 5.26 Å². The summed E-state index contributed by atoms with van der Waals surface area (Å²) < 4.78 is 0. The summed E-state index contributed by atoms with van der Waals surface area (Å²) in [5, 5.41) is 32.8. The molecule has 0 saturated carbocycles. The van der Waals surface area contributed by atoms with E-state index in [9.17, 15) is 15.0 Å². The fourth-order valence-electron chi connectivity index (χ4n) is 1.46. The number of hydrogen-bond acceptors (Lipinski definition) is 5. The van der Waals surface area contributed by atoms with Gasteiger partial charge in [0, 0.05) is 0 Å². The van der Waals surface area contributed by atoms with Crippen molar-refractivity contribution in [2.75, 3.05) is 0 Å². The number of aromatic hydroxyl groups is 2. The molecule has 0 unspecified atom stereocenters. The monoisotopic (exact) mass is 261 g/mol. The number of nitrogens with zero attached hydrogens (tertiary/aromatic N) is 1. The van der Waals surface area contributed by atoms with Crippen LogP contribution in [-0.2, 0) is 4.79 Å². The summed E-state index contributed by atoms with van der Waals surface area (Å²) in [4.78, 5) is 11.4. The molecule has 0 aliphatic carbocycles. The summed E-state index contributed by atoms with van der Waals surface area (Å²) in [7, 11) is 0. The van der Waals surface area contributed by atoms with Gasteiger partial charge in [0.2, 0.25) is 0 Å². The highest BCUT2D eigenvalue weighted by atomic mass is 32.1. The van der Waals surface area contributed by atoms with Gasteiger partial charge in [-0.1, -0.05) is 0 Å². The molecule has 1 heterocycles. The number of nitrogens with one attached hydrogen (secondary N) is 2. The highest BCUT2D eigenvalue weighted by molar-refractivity contribution is 7.80. The molecule has 4 N–H and O–H groups in total. The lowest BCUT2D eigenvalue weighted by molar-refractivity contribution is -0.115. The van der Waals surface area contributed by atoms with Crippen LogP contribution in [0.4, 0.5) is 0 Å². The molecular weight excluding hydrogens is 254 g/mol. The molecule has 0 spiro atoms. The van der Waals surface area contributed by atoms with Crippen LogP contribution in [0.2, 0.25) is 0 Å². The number of carbonyl (C=O) groups is 1. The Bertz CT molecular complexity index is 631. The zero-order chi connectivity index (χ0) is 13.3. The quantitative estimate of drug-likeness (QED) is 0.329. The molecule has 1 saturated heterocycles. The van der Waals surface area contributed by atoms with E-state index in [0.29, 0.717) is 5.56 Å². The van der Waals surface area contributed by atoms with Gasteiger partial charge in [0.1, 0.15) is 11.8 Å². The summed E-state index contributed by atoms with van der Waals surface area (Å²) in [6.45, 7) is 0. The summed E-state index contributed by atoms with van der Waals surface area (Å²) >= 11 is 4.76. The summed E-state index contributed by atoms with van der Waals surface area (Å²) in [6.07, 6.45) is 1.41. The van der Waals surface area contributed by atoms with E-state index in [0.717, 1.165) is 0 Å². The molecule has 1 aliphatic heterocycles. The van der Waals surface area contributed by atoms with Crippen LogP contribution < -0.4 is 10.6 Å². The molecule has 0 bridgehead atoms. The molecule has 0 atom stereocenters. The first-order chi connectivity index (χ1) is 8.51. The van der Waals surface area contributed by atoms with E-state index >= 15 is 0 Å². The number of hydrogen-bond donors (Lipinski definition) is 4. The topological polar surface area (TPSA) is 105 Å². The van der Waals surface area contributed by atoms with Crippen molar-refractivity contribution in [3.63, 3.8) is 0 Å². The highest BCUT2D eigenvalue weighted by Gasteiger charge is 2.20. The van der Waals surface area contributed by atoms with E-state index in [1.165, 1.54) is 18.2 Å². The molecule has 18 heavy (non-hydrogen) atoms. The van der Waals surface area contributed by atoms with Crippen molar-refractivity contribution in [2.24, 2.45) is 0 Å². The van der Waals surface area contributed by atoms with E-state index in [-0.39, 0.29) is 16.4 Å². The largest absolute Gasteiger partial charge is 0.504 e. The Kier molecular flexibility index (Phi) is 2.87. The lowest BCUT2D eigenvalue weighted by Gasteiger charge is -2.02. The number of phenolic OH excluding ortho intramolecular Hbond substituents is 2. The van der Waals surface area contributed by atoms with Crippen LogP contribution in [0.25, 0.3) is 6.08 Å². The van der Waals surface area contributed by atoms with Crippen molar-refractivity contribution < 1.29 is 15.0 Å². The Hall–Kier alpha value is -2.59. The second kappa shape index (κ2) is 4.35. The predicted molar refractivity (Wildman–Crippen MR) is 66.3 cm³/mol. The minimum absolute atomic E-state index is 0.0807. The second-order valence-electron chi connectivity index (χ2n) is 3.51. The standard InChI is InChI=1S/C11H7N3O3S/c12-4-6-1-5(3-8(15)9(6)16)2-7-10(17)14-11(18)13-7/h1-3,15-16H,(H2,13,14,17,18). The van der Waals surface area contributed by atoms with E-state index in [1.54, 1.807) is 6.07 Å². The first kappa shape index (κ1) is 11.9. The molecule has 0 aromatic heterocycles. The average molecular weight is 261 g/mol. The zero-order valence-corrected chi connectivity index (χ0v) is 9.71. The van der Waals surface area contributed by atoms with Gasteiger partial charge < -0.3 is 15.5 Å². The molecule has 1 fully saturated rings. The summed E-state index contributed by atoms with van der Waals surface area (Å²) in [6, 6.07) is 4.32.